The van der Waals surface area contributed by atoms with Crippen LogP contribution in [-0.2, 0) is 6.42 Å². The number of nitrogens with zero attached hydrogens (tertiary/aromatic N) is 3. The zero-order valence-corrected chi connectivity index (χ0v) is 7.82. The molecular formula is C9H14N4. The second kappa shape index (κ2) is 3.03. The van der Waals surface area contributed by atoms with Gasteiger partial charge in [-0.15, -0.1) is 5.10 Å². The van der Waals surface area contributed by atoms with Gasteiger partial charge >= 0.3 is 0 Å². The Hall–Kier alpha value is -1.03. The number of aryl methyl sites for hydroxylation is 2. The van der Waals surface area contributed by atoms with E-state index in [1.807, 2.05) is 6.92 Å². The van der Waals surface area contributed by atoms with E-state index in [0.717, 1.165) is 37.2 Å². The quantitative estimate of drug-likeness (QED) is 0.736. The highest BCUT2D eigenvalue weighted by molar-refractivity contribution is 5.01. The van der Waals surface area contributed by atoms with Crippen LogP contribution in [0.3, 0.4) is 0 Å². The highest BCUT2D eigenvalue weighted by Gasteiger charge is 2.37. The summed E-state index contributed by atoms with van der Waals surface area (Å²) in [6, 6.07) is 0. The first-order valence-electron chi connectivity index (χ1n) is 4.62. The van der Waals surface area contributed by atoms with Crippen molar-refractivity contribution in [2.45, 2.75) is 38.1 Å². The molecule has 0 aromatic carbocycles. The van der Waals surface area contributed by atoms with E-state index < -0.39 is 0 Å². The minimum atomic E-state index is 0.0904. The molecule has 70 valence electrons. The standard InChI is InChI=1S/C9H14N4/c1-7-6-11-13-8(12-7)2-3-9(10)4-5-9/h6H,2-5,10H2,1H3. The summed E-state index contributed by atoms with van der Waals surface area (Å²) >= 11 is 0. The van der Waals surface area contributed by atoms with Crippen LogP contribution in [0.1, 0.15) is 30.8 Å². The Morgan fingerprint density at radius 2 is 2.31 bits per heavy atom. The van der Waals surface area contributed by atoms with E-state index in [4.69, 9.17) is 5.73 Å². The fraction of sp³-hybridized carbons (Fsp3) is 0.667. The maximum Gasteiger partial charge on any atom is 0.151 e. The summed E-state index contributed by atoms with van der Waals surface area (Å²) in [5.74, 6) is 0.816. The summed E-state index contributed by atoms with van der Waals surface area (Å²) in [6.45, 7) is 1.92. The lowest BCUT2D eigenvalue weighted by Crippen LogP contribution is -2.22. The number of hydrogen-bond acceptors (Lipinski definition) is 4. The summed E-state index contributed by atoms with van der Waals surface area (Å²) in [6.07, 6.45) is 5.79. The van der Waals surface area contributed by atoms with Crippen LogP contribution in [0.25, 0.3) is 0 Å². The first-order chi connectivity index (χ1) is 6.18. The summed E-state index contributed by atoms with van der Waals surface area (Å²) < 4.78 is 0. The van der Waals surface area contributed by atoms with Crippen LogP contribution < -0.4 is 5.73 Å². The predicted octanol–water partition coefficient (Wildman–Crippen LogP) is 0.604. The molecule has 4 nitrogen and oxygen atoms in total. The Balaban J connectivity index is 1.94. The number of nitrogens with two attached hydrogens (primary N) is 1. The molecule has 1 fully saturated rings. The first kappa shape index (κ1) is 8.56. The van der Waals surface area contributed by atoms with Crippen LogP contribution in [0.2, 0.25) is 0 Å². The Kier molecular flexibility index (Phi) is 2.00. The molecular weight excluding hydrogens is 164 g/mol. The summed E-state index contributed by atoms with van der Waals surface area (Å²) in [4.78, 5) is 4.27. The van der Waals surface area contributed by atoms with Crippen LogP contribution in [0.5, 0.6) is 0 Å². The molecule has 4 heteroatoms. The van der Waals surface area contributed by atoms with Gasteiger partial charge < -0.3 is 5.73 Å². The summed E-state index contributed by atoms with van der Waals surface area (Å²) in [5.41, 5.74) is 6.97. The zero-order chi connectivity index (χ0) is 9.31. The maximum atomic E-state index is 5.96. The van der Waals surface area contributed by atoms with Crippen LogP contribution in [-0.4, -0.2) is 20.7 Å². The molecule has 1 aliphatic rings. The highest BCUT2D eigenvalue weighted by atomic mass is 15.1. The molecule has 0 atom stereocenters. The van der Waals surface area contributed by atoms with E-state index in [2.05, 4.69) is 15.2 Å². The molecule has 1 heterocycles. The fourth-order valence-electron chi connectivity index (χ4n) is 1.31. The normalized spacial score (nSPS) is 18.6. The Labute approximate surface area is 77.6 Å². The SMILES string of the molecule is Cc1cnnc(CCC2(N)CC2)n1. The van der Waals surface area contributed by atoms with Crippen LogP contribution >= 0.6 is 0 Å². The molecule has 2 N–H and O–H groups in total. The number of rotatable bonds is 3. The Morgan fingerprint density at radius 1 is 1.54 bits per heavy atom. The van der Waals surface area contributed by atoms with Gasteiger partial charge in [-0.1, -0.05) is 0 Å². The van der Waals surface area contributed by atoms with Crippen LogP contribution in [0.4, 0.5) is 0 Å². The predicted molar refractivity (Wildman–Crippen MR) is 49.0 cm³/mol. The lowest BCUT2D eigenvalue weighted by atomic mass is 10.1. The van der Waals surface area contributed by atoms with Crippen molar-refractivity contribution in [3.63, 3.8) is 0 Å². The van der Waals surface area contributed by atoms with Crippen LogP contribution in [0, 0.1) is 6.92 Å². The van der Waals surface area contributed by atoms with E-state index in [-0.39, 0.29) is 5.54 Å². The topological polar surface area (TPSA) is 64.7 Å². The minimum Gasteiger partial charge on any atom is -0.325 e. The third kappa shape index (κ3) is 2.21. The lowest BCUT2D eigenvalue weighted by molar-refractivity contribution is 0.589. The average molecular weight is 178 g/mol. The van der Waals surface area contributed by atoms with Crippen molar-refractivity contribution in [1.29, 1.82) is 0 Å². The summed E-state index contributed by atoms with van der Waals surface area (Å²) in [7, 11) is 0. The Bertz CT molecular complexity index is 306. The van der Waals surface area contributed by atoms with Gasteiger partial charge in [-0.2, -0.15) is 5.10 Å². The van der Waals surface area contributed by atoms with Crippen molar-refractivity contribution in [3.8, 4) is 0 Å². The molecule has 0 spiro atoms. The van der Waals surface area contributed by atoms with Crippen molar-refractivity contribution in [1.82, 2.24) is 15.2 Å². The molecule has 2 rings (SSSR count). The Morgan fingerprint density at radius 3 is 2.92 bits per heavy atom. The largest absolute Gasteiger partial charge is 0.325 e. The van der Waals surface area contributed by atoms with E-state index in [1.165, 1.54) is 0 Å². The van der Waals surface area contributed by atoms with Crippen molar-refractivity contribution in [3.05, 3.63) is 17.7 Å². The van der Waals surface area contributed by atoms with Gasteiger partial charge in [0, 0.05) is 12.0 Å². The molecule has 0 unspecified atom stereocenters. The van der Waals surface area contributed by atoms with Gasteiger partial charge in [-0.25, -0.2) is 4.98 Å². The molecule has 1 aliphatic carbocycles. The van der Waals surface area contributed by atoms with Crippen molar-refractivity contribution in [2.24, 2.45) is 5.73 Å². The van der Waals surface area contributed by atoms with Gasteiger partial charge in [0.05, 0.1) is 11.9 Å². The molecule has 0 bridgehead atoms. The van der Waals surface area contributed by atoms with Gasteiger partial charge in [0.2, 0.25) is 0 Å². The minimum absolute atomic E-state index is 0.0904. The average Bonchev–Trinajstić information content (AvgIpc) is 2.82. The van der Waals surface area contributed by atoms with Crippen molar-refractivity contribution < 1.29 is 0 Å². The number of hydrogen-bond donors (Lipinski definition) is 1. The number of aromatic nitrogens is 3. The molecule has 1 aromatic heterocycles. The monoisotopic (exact) mass is 178 g/mol. The molecule has 1 saturated carbocycles. The molecule has 1 aromatic rings. The van der Waals surface area contributed by atoms with E-state index >= 15 is 0 Å². The van der Waals surface area contributed by atoms with E-state index in [0.29, 0.717) is 0 Å². The molecule has 13 heavy (non-hydrogen) atoms. The maximum absolute atomic E-state index is 5.96. The smallest absolute Gasteiger partial charge is 0.151 e. The highest BCUT2D eigenvalue weighted by Crippen LogP contribution is 2.36. The van der Waals surface area contributed by atoms with Gasteiger partial charge in [0.25, 0.3) is 0 Å². The first-order valence-corrected chi connectivity index (χ1v) is 4.62. The van der Waals surface area contributed by atoms with Crippen molar-refractivity contribution >= 4 is 0 Å². The molecule has 0 saturated heterocycles. The molecule has 0 aliphatic heterocycles. The third-order valence-corrected chi connectivity index (χ3v) is 2.46. The fourth-order valence-corrected chi connectivity index (χ4v) is 1.31. The van der Waals surface area contributed by atoms with Gasteiger partial charge in [-0.3, -0.25) is 0 Å². The van der Waals surface area contributed by atoms with Crippen molar-refractivity contribution in [2.75, 3.05) is 0 Å². The van der Waals surface area contributed by atoms with Gasteiger partial charge in [-0.05, 0) is 26.2 Å². The van der Waals surface area contributed by atoms with E-state index in [1.54, 1.807) is 6.20 Å². The lowest BCUT2D eigenvalue weighted by Gasteiger charge is -2.06. The van der Waals surface area contributed by atoms with E-state index in [9.17, 15) is 0 Å². The second-order valence-electron chi connectivity index (χ2n) is 3.88. The zero-order valence-electron chi connectivity index (χ0n) is 7.82. The molecule has 0 amide bonds. The second-order valence-corrected chi connectivity index (χ2v) is 3.88. The summed E-state index contributed by atoms with van der Waals surface area (Å²) in [5, 5.41) is 7.81. The van der Waals surface area contributed by atoms with Gasteiger partial charge in [0.15, 0.2) is 5.82 Å². The van der Waals surface area contributed by atoms with Crippen LogP contribution in [0.15, 0.2) is 6.20 Å². The molecule has 0 radical (unpaired) electrons. The third-order valence-electron chi connectivity index (χ3n) is 2.46. The van der Waals surface area contributed by atoms with Gasteiger partial charge in [0.1, 0.15) is 0 Å².